The topological polar surface area (TPSA) is 72.7 Å². The average molecular weight is 315 g/mol. The van der Waals surface area contributed by atoms with Crippen LogP contribution in [0, 0.1) is 12.3 Å². The van der Waals surface area contributed by atoms with Gasteiger partial charge in [-0.05, 0) is 25.3 Å². The molecule has 114 valence electrons. The number of amides is 1. The lowest BCUT2D eigenvalue weighted by Crippen LogP contribution is -2.15. The molecule has 1 amide bonds. The summed E-state index contributed by atoms with van der Waals surface area (Å²) in [6.07, 6.45) is 10.2. The molecule has 0 fully saturated rings. The number of anilines is 1. The Labute approximate surface area is 132 Å². The van der Waals surface area contributed by atoms with Crippen LogP contribution in [0.25, 0.3) is 0 Å². The summed E-state index contributed by atoms with van der Waals surface area (Å²) in [5.41, 5.74) is 2.04. The van der Waals surface area contributed by atoms with Crippen molar-refractivity contribution < 1.29 is 4.79 Å². The van der Waals surface area contributed by atoms with Crippen molar-refractivity contribution in [3.05, 3.63) is 22.5 Å². The lowest BCUT2D eigenvalue weighted by atomic mass is 10.1. The van der Waals surface area contributed by atoms with E-state index in [0.717, 1.165) is 30.1 Å². The van der Waals surface area contributed by atoms with Gasteiger partial charge in [-0.1, -0.05) is 11.3 Å². The van der Waals surface area contributed by atoms with Crippen LogP contribution in [0.15, 0.2) is 6.07 Å². The van der Waals surface area contributed by atoms with Crippen molar-refractivity contribution in [2.24, 2.45) is 0 Å². The third-order valence-corrected chi connectivity index (χ3v) is 4.40. The van der Waals surface area contributed by atoms with Crippen molar-refractivity contribution in [3.8, 4) is 12.3 Å². The number of fused-ring (bicyclic) bond motifs is 1. The monoisotopic (exact) mass is 315 g/mol. The Morgan fingerprint density at radius 3 is 3.18 bits per heavy atom. The zero-order valence-corrected chi connectivity index (χ0v) is 13.0. The molecule has 0 unspecified atom stereocenters. The average Bonchev–Trinajstić information content (AvgIpc) is 3.10. The van der Waals surface area contributed by atoms with Crippen LogP contribution < -0.4 is 5.32 Å². The van der Waals surface area contributed by atoms with Crippen LogP contribution in [-0.2, 0) is 30.6 Å². The Balaban J connectivity index is 1.57. The van der Waals surface area contributed by atoms with Crippen LogP contribution in [0.2, 0.25) is 0 Å². The van der Waals surface area contributed by atoms with Gasteiger partial charge in [-0.25, -0.2) is 0 Å². The van der Waals surface area contributed by atoms with Crippen LogP contribution in [-0.4, -0.2) is 25.9 Å². The van der Waals surface area contributed by atoms with Crippen molar-refractivity contribution >= 4 is 22.4 Å². The fraction of sp³-hybridized carbons (Fsp3) is 0.467. The summed E-state index contributed by atoms with van der Waals surface area (Å²) in [7, 11) is 0. The summed E-state index contributed by atoms with van der Waals surface area (Å²) in [6, 6.07) is 2.02. The van der Waals surface area contributed by atoms with Crippen LogP contribution in [0.3, 0.4) is 0 Å². The minimum atomic E-state index is -0.116. The lowest BCUT2D eigenvalue weighted by Gasteiger charge is -2.11. The van der Waals surface area contributed by atoms with Crippen molar-refractivity contribution in [1.82, 2.24) is 20.0 Å². The van der Waals surface area contributed by atoms with Crippen molar-refractivity contribution in [1.29, 1.82) is 0 Å². The summed E-state index contributed by atoms with van der Waals surface area (Å²) < 4.78 is 2.01. The first-order chi connectivity index (χ1) is 10.7. The van der Waals surface area contributed by atoms with Crippen molar-refractivity contribution in [3.63, 3.8) is 0 Å². The minimum Gasteiger partial charge on any atom is -0.300 e. The first kappa shape index (κ1) is 14.7. The van der Waals surface area contributed by atoms with E-state index in [4.69, 9.17) is 6.42 Å². The number of carbonyl (C=O) groups excluding carboxylic acids is 1. The van der Waals surface area contributed by atoms with E-state index < -0.39 is 0 Å². The second-order valence-electron chi connectivity index (χ2n) is 5.24. The van der Waals surface area contributed by atoms with E-state index in [2.05, 4.69) is 26.5 Å². The van der Waals surface area contributed by atoms with Gasteiger partial charge in [0.1, 0.15) is 5.01 Å². The molecule has 1 N–H and O–H groups in total. The van der Waals surface area contributed by atoms with Crippen LogP contribution in [0.1, 0.15) is 35.7 Å². The fourth-order valence-electron chi connectivity index (χ4n) is 2.48. The highest BCUT2D eigenvalue weighted by molar-refractivity contribution is 7.15. The zero-order chi connectivity index (χ0) is 15.4. The van der Waals surface area contributed by atoms with Gasteiger partial charge in [0.25, 0.3) is 0 Å². The van der Waals surface area contributed by atoms with Gasteiger partial charge in [-0.15, -0.1) is 22.5 Å². The highest BCUT2D eigenvalue weighted by Crippen LogP contribution is 2.18. The molecule has 0 radical (unpaired) electrons. The van der Waals surface area contributed by atoms with E-state index in [1.807, 2.05) is 10.7 Å². The SMILES string of the molecule is C#CCCc1nnc(NC(=O)Cc2cc3n(n2)CCCC3)s1. The molecule has 1 aliphatic rings. The van der Waals surface area contributed by atoms with E-state index in [1.54, 1.807) is 0 Å². The Bertz CT molecular complexity index is 688. The maximum Gasteiger partial charge on any atom is 0.232 e. The van der Waals surface area contributed by atoms with Gasteiger partial charge in [0, 0.05) is 25.1 Å². The number of aromatic nitrogens is 4. The molecular formula is C15H17N5OS. The maximum atomic E-state index is 12.1. The highest BCUT2D eigenvalue weighted by Gasteiger charge is 2.15. The van der Waals surface area contributed by atoms with Crippen LogP contribution in [0.5, 0.6) is 0 Å². The standard InChI is InChI=1S/C15H17N5OS/c1-2-3-7-14-17-18-15(22-14)16-13(21)10-11-9-12-6-4-5-8-20(12)19-11/h1,9H,3-8,10H2,(H,16,18,21). The molecule has 1 aliphatic heterocycles. The molecule has 3 heterocycles. The molecule has 2 aromatic heterocycles. The molecule has 7 heteroatoms. The molecule has 0 atom stereocenters. The predicted molar refractivity (Wildman–Crippen MR) is 84.6 cm³/mol. The normalized spacial score (nSPS) is 13.4. The molecule has 22 heavy (non-hydrogen) atoms. The molecule has 0 bridgehead atoms. The number of hydrogen-bond donors (Lipinski definition) is 1. The first-order valence-corrected chi connectivity index (χ1v) is 8.17. The van der Waals surface area contributed by atoms with Crippen molar-refractivity contribution in [2.75, 3.05) is 5.32 Å². The van der Waals surface area contributed by atoms with Gasteiger partial charge in [0.05, 0.1) is 12.1 Å². The summed E-state index contributed by atoms with van der Waals surface area (Å²) in [5, 5.41) is 16.6. The summed E-state index contributed by atoms with van der Waals surface area (Å²) in [4.78, 5) is 12.1. The lowest BCUT2D eigenvalue weighted by molar-refractivity contribution is -0.115. The van der Waals surface area contributed by atoms with Gasteiger partial charge in [-0.3, -0.25) is 9.48 Å². The Morgan fingerprint density at radius 1 is 1.45 bits per heavy atom. The molecular weight excluding hydrogens is 298 g/mol. The van der Waals surface area contributed by atoms with E-state index in [-0.39, 0.29) is 12.3 Å². The Morgan fingerprint density at radius 2 is 2.36 bits per heavy atom. The van der Waals surface area contributed by atoms with Gasteiger partial charge < -0.3 is 5.32 Å². The molecule has 0 saturated heterocycles. The van der Waals surface area contributed by atoms with Crippen LogP contribution >= 0.6 is 11.3 Å². The van der Waals surface area contributed by atoms with E-state index in [0.29, 0.717) is 18.0 Å². The van der Waals surface area contributed by atoms with Gasteiger partial charge in [0.2, 0.25) is 11.0 Å². The first-order valence-electron chi connectivity index (χ1n) is 7.36. The van der Waals surface area contributed by atoms with E-state index in [1.165, 1.54) is 23.5 Å². The summed E-state index contributed by atoms with van der Waals surface area (Å²) >= 11 is 1.36. The molecule has 0 saturated carbocycles. The third-order valence-electron chi connectivity index (χ3n) is 3.50. The Kier molecular flexibility index (Phi) is 4.49. The molecule has 0 spiro atoms. The fourth-order valence-corrected chi connectivity index (χ4v) is 3.23. The van der Waals surface area contributed by atoms with Gasteiger partial charge in [-0.2, -0.15) is 5.10 Å². The second kappa shape index (κ2) is 6.71. The van der Waals surface area contributed by atoms with Gasteiger partial charge in [0.15, 0.2) is 0 Å². The van der Waals surface area contributed by atoms with Gasteiger partial charge >= 0.3 is 0 Å². The predicted octanol–water partition coefficient (Wildman–Crippen LogP) is 1.82. The molecule has 0 aliphatic carbocycles. The second-order valence-corrected chi connectivity index (χ2v) is 6.30. The number of aryl methyl sites for hydroxylation is 3. The minimum absolute atomic E-state index is 0.116. The van der Waals surface area contributed by atoms with Crippen molar-refractivity contribution in [2.45, 2.75) is 45.1 Å². The molecule has 6 nitrogen and oxygen atoms in total. The molecule has 3 rings (SSSR count). The maximum absolute atomic E-state index is 12.1. The quantitative estimate of drug-likeness (QED) is 0.854. The number of nitrogens with zero attached hydrogens (tertiary/aromatic N) is 4. The number of terminal acetylenes is 1. The number of carbonyl (C=O) groups is 1. The van der Waals surface area contributed by atoms with E-state index >= 15 is 0 Å². The van der Waals surface area contributed by atoms with E-state index in [9.17, 15) is 4.79 Å². The Hall–Kier alpha value is -2.20. The zero-order valence-electron chi connectivity index (χ0n) is 12.2. The largest absolute Gasteiger partial charge is 0.300 e. The number of nitrogens with one attached hydrogen (secondary N) is 1. The smallest absolute Gasteiger partial charge is 0.232 e. The number of rotatable bonds is 5. The van der Waals surface area contributed by atoms with Crippen LogP contribution in [0.4, 0.5) is 5.13 Å². The molecule has 0 aromatic carbocycles. The summed E-state index contributed by atoms with van der Waals surface area (Å²) in [6.45, 7) is 0.950. The molecule has 2 aromatic rings. The highest BCUT2D eigenvalue weighted by atomic mass is 32.1. The number of hydrogen-bond acceptors (Lipinski definition) is 5. The summed E-state index contributed by atoms with van der Waals surface area (Å²) in [5.74, 6) is 2.45. The third kappa shape index (κ3) is 3.52.